The van der Waals surface area contributed by atoms with E-state index in [0.29, 0.717) is 18.1 Å². The molecule has 0 saturated carbocycles. The number of hydrogen-bond acceptors (Lipinski definition) is 5. The van der Waals surface area contributed by atoms with Crippen LogP contribution in [0.25, 0.3) is 0 Å². The molecule has 1 aromatic heterocycles. The lowest BCUT2D eigenvalue weighted by Crippen LogP contribution is -2.03. The molecule has 0 amide bonds. The maximum Gasteiger partial charge on any atom is 0.269 e. The van der Waals surface area contributed by atoms with E-state index in [1.165, 1.54) is 12.1 Å². The number of pyridine rings is 1. The van der Waals surface area contributed by atoms with Crippen molar-refractivity contribution in [3.63, 3.8) is 0 Å². The van der Waals surface area contributed by atoms with Crippen LogP contribution >= 0.6 is 0 Å². The molecule has 1 heterocycles. The van der Waals surface area contributed by atoms with E-state index in [-0.39, 0.29) is 5.69 Å². The van der Waals surface area contributed by atoms with Crippen molar-refractivity contribution in [2.24, 2.45) is 0 Å². The van der Waals surface area contributed by atoms with Gasteiger partial charge in [0.25, 0.3) is 5.69 Å². The molecule has 0 bridgehead atoms. The molecule has 6 heteroatoms. The molecule has 0 aliphatic carbocycles. The highest BCUT2D eigenvalue weighted by Gasteiger charge is 2.05. The minimum atomic E-state index is -0.408. The maximum absolute atomic E-state index is 10.7. The Labute approximate surface area is 110 Å². The number of nitrogens with zero attached hydrogens (tertiary/aromatic N) is 2. The number of nitrogens with two attached hydrogens (primary N) is 1. The fourth-order valence-electron chi connectivity index (χ4n) is 1.64. The monoisotopic (exact) mass is 258 g/mol. The summed E-state index contributed by atoms with van der Waals surface area (Å²) in [7, 11) is 0. The molecule has 2 aromatic rings. The highest BCUT2D eigenvalue weighted by molar-refractivity contribution is 5.49. The Kier molecular flexibility index (Phi) is 3.61. The first-order valence-corrected chi connectivity index (χ1v) is 5.76. The molecule has 0 aliphatic rings. The molecule has 19 heavy (non-hydrogen) atoms. The minimum Gasteiger partial charge on any atom is -0.397 e. The van der Waals surface area contributed by atoms with Crippen LogP contribution in [0, 0.1) is 17.0 Å². The van der Waals surface area contributed by atoms with E-state index < -0.39 is 4.92 Å². The van der Waals surface area contributed by atoms with Crippen molar-refractivity contribution in [3.05, 3.63) is 57.8 Å². The molecule has 0 spiro atoms. The molecule has 2 rings (SSSR count). The molecule has 0 saturated heterocycles. The zero-order chi connectivity index (χ0) is 13.8. The van der Waals surface area contributed by atoms with Crippen LogP contribution in [-0.2, 0) is 6.54 Å². The van der Waals surface area contributed by atoms with Gasteiger partial charge in [-0.1, -0.05) is 12.1 Å². The first-order chi connectivity index (χ1) is 9.06. The Morgan fingerprint density at radius 3 is 2.84 bits per heavy atom. The first kappa shape index (κ1) is 12.8. The molecule has 0 atom stereocenters. The largest absolute Gasteiger partial charge is 0.397 e. The summed E-state index contributed by atoms with van der Waals surface area (Å²) < 4.78 is 0. The van der Waals surface area contributed by atoms with E-state index in [0.717, 1.165) is 11.3 Å². The average Bonchev–Trinajstić information content (AvgIpc) is 2.40. The summed E-state index contributed by atoms with van der Waals surface area (Å²) in [5, 5.41) is 13.8. The van der Waals surface area contributed by atoms with Gasteiger partial charge in [0, 0.05) is 18.7 Å². The van der Waals surface area contributed by atoms with Crippen LogP contribution in [0.15, 0.2) is 36.4 Å². The van der Waals surface area contributed by atoms with Crippen molar-refractivity contribution < 1.29 is 4.92 Å². The minimum absolute atomic E-state index is 0.0840. The summed E-state index contributed by atoms with van der Waals surface area (Å²) >= 11 is 0. The highest BCUT2D eigenvalue weighted by atomic mass is 16.6. The van der Waals surface area contributed by atoms with Gasteiger partial charge in [0.2, 0.25) is 0 Å². The standard InChI is InChI=1S/C13H14N4O2/c1-9-12(14)5-6-13(16-9)15-8-10-3-2-4-11(7-10)17(18)19/h2-7H,8,14H2,1H3,(H,15,16). The van der Waals surface area contributed by atoms with Crippen molar-refractivity contribution in [1.29, 1.82) is 0 Å². The third-order valence-electron chi connectivity index (χ3n) is 2.72. The Morgan fingerprint density at radius 1 is 1.37 bits per heavy atom. The van der Waals surface area contributed by atoms with E-state index in [4.69, 9.17) is 5.73 Å². The lowest BCUT2D eigenvalue weighted by molar-refractivity contribution is -0.384. The van der Waals surface area contributed by atoms with Crippen molar-refractivity contribution in [3.8, 4) is 0 Å². The van der Waals surface area contributed by atoms with Crippen molar-refractivity contribution in [2.45, 2.75) is 13.5 Å². The molecular formula is C13H14N4O2. The molecule has 0 radical (unpaired) electrons. The Bertz CT molecular complexity index is 613. The van der Waals surface area contributed by atoms with Gasteiger partial charge in [-0.05, 0) is 24.6 Å². The Balaban J connectivity index is 2.07. The second-order valence-corrected chi connectivity index (χ2v) is 4.15. The van der Waals surface area contributed by atoms with Crippen molar-refractivity contribution in [2.75, 3.05) is 11.1 Å². The average molecular weight is 258 g/mol. The van der Waals surface area contributed by atoms with Crippen molar-refractivity contribution in [1.82, 2.24) is 4.98 Å². The number of aromatic nitrogens is 1. The number of hydrogen-bond donors (Lipinski definition) is 2. The van der Waals surface area contributed by atoms with Crippen LogP contribution in [0.2, 0.25) is 0 Å². The van der Waals surface area contributed by atoms with E-state index >= 15 is 0 Å². The number of anilines is 2. The van der Waals surface area contributed by atoms with Crippen LogP contribution in [0.4, 0.5) is 17.2 Å². The summed E-state index contributed by atoms with van der Waals surface area (Å²) in [6.45, 7) is 2.30. The van der Waals surface area contributed by atoms with Gasteiger partial charge < -0.3 is 11.1 Å². The Hall–Kier alpha value is -2.63. The number of nitro groups is 1. The predicted octanol–water partition coefficient (Wildman–Crippen LogP) is 2.49. The third kappa shape index (κ3) is 3.19. The number of nitrogen functional groups attached to an aromatic ring is 1. The number of nitrogens with one attached hydrogen (secondary N) is 1. The van der Waals surface area contributed by atoms with Gasteiger partial charge >= 0.3 is 0 Å². The molecule has 1 aromatic carbocycles. The Morgan fingerprint density at radius 2 is 2.16 bits per heavy atom. The number of non-ortho nitro benzene ring substituents is 1. The molecule has 0 aliphatic heterocycles. The molecular weight excluding hydrogens is 244 g/mol. The third-order valence-corrected chi connectivity index (χ3v) is 2.72. The predicted molar refractivity (Wildman–Crippen MR) is 73.8 cm³/mol. The lowest BCUT2D eigenvalue weighted by Gasteiger charge is -2.07. The van der Waals surface area contributed by atoms with E-state index in [1.54, 1.807) is 18.2 Å². The van der Waals surface area contributed by atoms with Crippen LogP contribution in [-0.4, -0.2) is 9.91 Å². The van der Waals surface area contributed by atoms with Gasteiger partial charge in [0.1, 0.15) is 5.82 Å². The van der Waals surface area contributed by atoms with Gasteiger partial charge in [-0.15, -0.1) is 0 Å². The number of nitro benzene ring substituents is 1. The molecule has 6 nitrogen and oxygen atoms in total. The topological polar surface area (TPSA) is 94.1 Å². The fraction of sp³-hybridized carbons (Fsp3) is 0.154. The molecule has 0 fully saturated rings. The van der Waals surface area contributed by atoms with E-state index in [2.05, 4.69) is 10.3 Å². The van der Waals surface area contributed by atoms with E-state index in [1.807, 2.05) is 13.0 Å². The zero-order valence-electron chi connectivity index (χ0n) is 10.5. The second kappa shape index (κ2) is 5.34. The van der Waals surface area contributed by atoms with Crippen molar-refractivity contribution >= 4 is 17.2 Å². The van der Waals surface area contributed by atoms with E-state index in [9.17, 15) is 10.1 Å². The summed E-state index contributed by atoms with van der Waals surface area (Å²) in [6.07, 6.45) is 0. The van der Waals surface area contributed by atoms with Crippen LogP contribution < -0.4 is 11.1 Å². The van der Waals surface area contributed by atoms with Gasteiger partial charge in [-0.3, -0.25) is 10.1 Å². The summed E-state index contributed by atoms with van der Waals surface area (Å²) in [5.41, 5.74) is 7.99. The van der Waals surface area contributed by atoms with Gasteiger partial charge in [0.15, 0.2) is 0 Å². The van der Waals surface area contributed by atoms with Gasteiger partial charge in [-0.2, -0.15) is 0 Å². The smallest absolute Gasteiger partial charge is 0.269 e. The summed E-state index contributed by atoms with van der Waals surface area (Å²) in [4.78, 5) is 14.5. The summed E-state index contributed by atoms with van der Waals surface area (Å²) in [6, 6.07) is 10.0. The SMILES string of the molecule is Cc1nc(NCc2cccc([N+](=O)[O-])c2)ccc1N. The normalized spacial score (nSPS) is 10.2. The van der Waals surface area contributed by atoms with Crippen LogP contribution in [0.5, 0.6) is 0 Å². The zero-order valence-corrected chi connectivity index (χ0v) is 10.5. The second-order valence-electron chi connectivity index (χ2n) is 4.15. The fourth-order valence-corrected chi connectivity index (χ4v) is 1.64. The molecule has 0 unspecified atom stereocenters. The van der Waals surface area contributed by atoms with Gasteiger partial charge in [0.05, 0.1) is 16.3 Å². The first-order valence-electron chi connectivity index (χ1n) is 5.76. The lowest BCUT2D eigenvalue weighted by atomic mass is 10.2. The molecule has 3 N–H and O–H groups in total. The number of aryl methyl sites for hydroxylation is 1. The number of rotatable bonds is 4. The highest BCUT2D eigenvalue weighted by Crippen LogP contribution is 2.16. The van der Waals surface area contributed by atoms with Crippen LogP contribution in [0.1, 0.15) is 11.3 Å². The van der Waals surface area contributed by atoms with Gasteiger partial charge in [-0.25, -0.2) is 4.98 Å². The number of benzene rings is 1. The molecule has 98 valence electrons. The van der Waals surface area contributed by atoms with Crippen LogP contribution in [0.3, 0.4) is 0 Å². The quantitative estimate of drug-likeness (QED) is 0.649. The summed E-state index contributed by atoms with van der Waals surface area (Å²) in [5.74, 6) is 0.693. The maximum atomic E-state index is 10.7.